The fourth-order valence-electron chi connectivity index (χ4n) is 2.87. The van der Waals surface area contributed by atoms with Gasteiger partial charge in [0.25, 0.3) is 15.9 Å². The fourth-order valence-corrected chi connectivity index (χ4v) is 4.44. The summed E-state index contributed by atoms with van der Waals surface area (Å²) in [5, 5.41) is 2.46. The maximum atomic E-state index is 13.3. The van der Waals surface area contributed by atoms with Crippen molar-refractivity contribution in [1.82, 2.24) is 0 Å². The molecule has 0 saturated heterocycles. The smallest absolute Gasteiger partial charge is 0.262 e. The van der Waals surface area contributed by atoms with Crippen LogP contribution in [0.2, 0.25) is 5.02 Å². The van der Waals surface area contributed by atoms with Gasteiger partial charge in [0.05, 0.1) is 15.6 Å². The zero-order chi connectivity index (χ0) is 22.1. The summed E-state index contributed by atoms with van der Waals surface area (Å²) >= 11 is 5.74. The molecule has 0 unspecified atom stereocenters. The van der Waals surface area contributed by atoms with Gasteiger partial charge in [0.15, 0.2) is 0 Å². The number of carbonyl (C=O) groups excluding carboxylic acids is 1. The van der Waals surface area contributed by atoms with E-state index in [0.29, 0.717) is 16.9 Å². The summed E-state index contributed by atoms with van der Waals surface area (Å²) in [6, 6.07) is 13.5. The molecule has 0 aliphatic heterocycles. The minimum absolute atomic E-state index is 0.00630. The van der Waals surface area contributed by atoms with Gasteiger partial charge in [-0.2, -0.15) is 0 Å². The highest BCUT2D eigenvalue weighted by Gasteiger charge is 2.20. The van der Waals surface area contributed by atoms with Gasteiger partial charge >= 0.3 is 0 Å². The lowest BCUT2D eigenvalue weighted by atomic mass is 10.1. The summed E-state index contributed by atoms with van der Waals surface area (Å²) in [5.74, 6) is -1.14. The maximum absolute atomic E-state index is 13.3. The second-order valence-corrected chi connectivity index (χ2v) is 8.97. The molecule has 0 aliphatic rings. The Labute approximate surface area is 179 Å². The number of hydrogen-bond acceptors (Lipinski definition) is 3. The Kier molecular flexibility index (Phi) is 6.14. The van der Waals surface area contributed by atoms with E-state index in [9.17, 15) is 17.6 Å². The third-order valence-corrected chi connectivity index (χ3v) is 6.56. The first-order valence-electron chi connectivity index (χ1n) is 9.04. The summed E-state index contributed by atoms with van der Waals surface area (Å²) in [7, 11) is -3.93. The van der Waals surface area contributed by atoms with E-state index in [2.05, 4.69) is 10.0 Å². The van der Waals surface area contributed by atoms with Crippen LogP contribution >= 0.6 is 11.6 Å². The van der Waals surface area contributed by atoms with Crippen LogP contribution in [0.5, 0.6) is 0 Å². The molecule has 156 valence electrons. The van der Waals surface area contributed by atoms with Crippen LogP contribution in [-0.4, -0.2) is 14.3 Å². The molecule has 0 radical (unpaired) electrons. The number of aryl methyl sites for hydroxylation is 2. The van der Waals surface area contributed by atoms with Crippen molar-refractivity contribution in [2.24, 2.45) is 0 Å². The van der Waals surface area contributed by atoms with Gasteiger partial charge in [0.1, 0.15) is 5.82 Å². The topological polar surface area (TPSA) is 75.3 Å². The molecule has 0 fully saturated rings. The lowest BCUT2D eigenvalue weighted by Gasteiger charge is -2.14. The molecule has 30 heavy (non-hydrogen) atoms. The van der Waals surface area contributed by atoms with E-state index in [1.165, 1.54) is 24.3 Å². The lowest BCUT2D eigenvalue weighted by molar-refractivity contribution is 0.102. The number of benzene rings is 3. The first-order chi connectivity index (χ1) is 14.1. The molecule has 3 aromatic carbocycles. The van der Waals surface area contributed by atoms with Crippen LogP contribution in [0.3, 0.4) is 0 Å². The molecule has 5 nitrogen and oxygen atoms in total. The van der Waals surface area contributed by atoms with E-state index in [0.717, 1.165) is 17.2 Å². The minimum atomic E-state index is -3.93. The lowest BCUT2D eigenvalue weighted by Crippen LogP contribution is -2.17. The van der Waals surface area contributed by atoms with Crippen LogP contribution in [-0.2, 0) is 10.0 Å². The quantitative estimate of drug-likeness (QED) is 0.546. The highest BCUT2D eigenvalue weighted by molar-refractivity contribution is 7.92. The van der Waals surface area contributed by atoms with Crippen molar-refractivity contribution < 1.29 is 17.6 Å². The number of rotatable bonds is 5. The van der Waals surface area contributed by atoms with Crippen LogP contribution < -0.4 is 10.0 Å². The zero-order valence-electron chi connectivity index (χ0n) is 16.6. The normalized spacial score (nSPS) is 11.2. The Morgan fingerprint density at radius 2 is 1.70 bits per heavy atom. The molecule has 8 heteroatoms. The van der Waals surface area contributed by atoms with Gasteiger partial charge in [-0.1, -0.05) is 29.8 Å². The second kappa shape index (κ2) is 8.45. The number of carbonyl (C=O) groups is 1. The van der Waals surface area contributed by atoms with E-state index in [1.807, 2.05) is 19.9 Å². The number of anilines is 2. The Balaban J connectivity index is 1.91. The van der Waals surface area contributed by atoms with Gasteiger partial charge in [0, 0.05) is 11.3 Å². The summed E-state index contributed by atoms with van der Waals surface area (Å²) < 4.78 is 41.9. The molecule has 0 bridgehead atoms. The van der Waals surface area contributed by atoms with E-state index < -0.39 is 21.7 Å². The van der Waals surface area contributed by atoms with E-state index in [-0.39, 0.29) is 15.5 Å². The molecular formula is C22H20ClFN2O3S. The standard InChI is InChI=1S/C22H20ClFN2O3S/c1-13-5-4-6-20(15(13)3)26-30(28,29)21-11-16(8-7-14(21)2)22(27)25-17-9-10-19(24)18(23)12-17/h4-12,26H,1-3H3,(H,25,27). The van der Waals surface area contributed by atoms with Gasteiger partial charge in [0.2, 0.25) is 0 Å². The summed E-state index contributed by atoms with van der Waals surface area (Å²) in [5.41, 5.74) is 3.19. The molecule has 0 heterocycles. The maximum Gasteiger partial charge on any atom is 0.262 e. The Morgan fingerprint density at radius 1 is 0.967 bits per heavy atom. The first kappa shape index (κ1) is 21.8. The molecule has 0 saturated carbocycles. The van der Waals surface area contributed by atoms with E-state index >= 15 is 0 Å². The molecular weight excluding hydrogens is 427 g/mol. The number of nitrogens with one attached hydrogen (secondary N) is 2. The predicted molar refractivity (Wildman–Crippen MR) is 117 cm³/mol. The number of sulfonamides is 1. The van der Waals surface area contributed by atoms with Crippen molar-refractivity contribution in [2.45, 2.75) is 25.7 Å². The molecule has 2 N–H and O–H groups in total. The second-order valence-electron chi connectivity index (χ2n) is 6.92. The highest BCUT2D eigenvalue weighted by atomic mass is 35.5. The van der Waals surface area contributed by atoms with Crippen molar-refractivity contribution in [3.8, 4) is 0 Å². The van der Waals surface area contributed by atoms with Crippen LogP contribution in [0.1, 0.15) is 27.0 Å². The molecule has 3 rings (SSSR count). The summed E-state index contributed by atoms with van der Waals surface area (Å²) in [6.45, 7) is 5.38. The third-order valence-electron chi connectivity index (χ3n) is 4.77. The van der Waals surface area contributed by atoms with Crippen molar-refractivity contribution in [1.29, 1.82) is 0 Å². The average Bonchev–Trinajstić information content (AvgIpc) is 2.68. The number of amides is 1. The highest BCUT2D eigenvalue weighted by Crippen LogP contribution is 2.25. The summed E-state index contributed by atoms with van der Waals surface area (Å²) in [6.07, 6.45) is 0. The van der Waals surface area contributed by atoms with Crippen LogP contribution in [0.25, 0.3) is 0 Å². The van der Waals surface area contributed by atoms with E-state index in [1.54, 1.807) is 25.1 Å². The molecule has 1 amide bonds. The van der Waals surface area contributed by atoms with Gasteiger partial charge in [-0.15, -0.1) is 0 Å². The largest absolute Gasteiger partial charge is 0.322 e. The molecule has 0 spiro atoms. The first-order valence-corrected chi connectivity index (χ1v) is 10.9. The van der Waals surface area contributed by atoms with Crippen LogP contribution in [0.15, 0.2) is 59.5 Å². The van der Waals surface area contributed by atoms with Gasteiger partial charge in [-0.25, -0.2) is 12.8 Å². The number of hydrogen-bond donors (Lipinski definition) is 2. The van der Waals surface area contributed by atoms with Gasteiger partial charge < -0.3 is 5.32 Å². The van der Waals surface area contributed by atoms with Crippen molar-refractivity contribution in [3.63, 3.8) is 0 Å². The SMILES string of the molecule is Cc1ccc(C(=O)Nc2ccc(F)c(Cl)c2)cc1S(=O)(=O)Nc1cccc(C)c1C. The monoisotopic (exact) mass is 446 g/mol. The minimum Gasteiger partial charge on any atom is -0.322 e. The third kappa shape index (κ3) is 4.63. The Bertz CT molecular complexity index is 1240. The fraction of sp³-hybridized carbons (Fsp3) is 0.136. The van der Waals surface area contributed by atoms with Gasteiger partial charge in [-0.05, 0) is 73.9 Å². The molecule has 3 aromatic rings. The van der Waals surface area contributed by atoms with Crippen LogP contribution in [0, 0.1) is 26.6 Å². The molecule has 0 aliphatic carbocycles. The van der Waals surface area contributed by atoms with Crippen molar-refractivity contribution in [3.05, 3.63) is 87.7 Å². The summed E-state index contributed by atoms with van der Waals surface area (Å²) in [4.78, 5) is 12.6. The van der Waals surface area contributed by atoms with Crippen molar-refractivity contribution >= 4 is 38.9 Å². The molecule has 0 atom stereocenters. The van der Waals surface area contributed by atoms with Crippen LogP contribution in [0.4, 0.5) is 15.8 Å². The zero-order valence-corrected chi connectivity index (χ0v) is 18.2. The average molecular weight is 447 g/mol. The van der Waals surface area contributed by atoms with E-state index in [4.69, 9.17) is 11.6 Å². The Hall–Kier alpha value is -2.90. The van der Waals surface area contributed by atoms with Crippen molar-refractivity contribution in [2.75, 3.05) is 10.0 Å². The Morgan fingerprint density at radius 3 is 2.40 bits per heavy atom. The molecule has 0 aromatic heterocycles. The van der Waals surface area contributed by atoms with Gasteiger partial charge in [-0.3, -0.25) is 9.52 Å². The predicted octanol–water partition coefficient (Wildman–Crippen LogP) is 5.46. The number of halogens is 2.